The van der Waals surface area contributed by atoms with Crippen LogP contribution in [0.5, 0.6) is 11.5 Å². The fraction of sp³-hybridized carbons (Fsp3) is 0.292. The lowest BCUT2D eigenvalue weighted by Crippen LogP contribution is -2.31. The molecule has 0 saturated carbocycles. The molecule has 0 bridgehead atoms. The normalized spacial score (nSPS) is 13.4. The van der Waals surface area contributed by atoms with Gasteiger partial charge in [0.25, 0.3) is 5.91 Å². The molecule has 1 aromatic heterocycles. The molecule has 4 rings (SSSR count). The van der Waals surface area contributed by atoms with Crippen molar-refractivity contribution in [3.63, 3.8) is 0 Å². The summed E-state index contributed by atoms with van der Waals surface area (Å²) in [6.07, 6.45) is 1.52. The van der Waals surface area contributed by atoms with E-state index in [0.29, 0.717) is 47.7 Å². The zero-order chi connectivity index (χ0) is 23.4. The molecule has 9 heteroatoms. The number of carbonyl (C=O) groups excluding carboxylic acids is 2. The summed E-state index contributed by atoms with van der Waals surface area (Å²) in [5, 5.41) is 3.42. The van der Waals surface area contributed by atoms with Crippen LogP contribution in [-0.2, 0) is 13.1 Å². The van der Waals surface area contributed by atoms with Gasteiger partial charge in [-0.25, -0.2) is 9.78 Å². The van der Waals surface area contributed by atoms with Crippen molar-refractivity contribution >= 4 is 28.4 Å². The molecule has 33 heavy (non-hydrogen) atoms. The lowest BCUT2D eigenvalue weighted by atomic mass is 10.1. The molecule has 1 aliphatic rings. The number of nitrogens with one attached hydrogen (secondary N) is 1. The number of thiazole rings is 1. The second-order valence-electron chi connectivity index (χ2n) is 7.66. The first-order valence-corrected chi connectivity index (χ1v) is 11.4. The van der Waals surface area contributed by atoms with Crippen LogP contribution in [0.15, 0.2) is 48.7 Å². The number of aromatic nitrogens is 1. The quantitative estimate of drug-likeness (QED) is 0.545. The fourth-order valence-corrected chi connectivity index (χ4v) is 4.51. The van der Waals surface area contributed by atoms with Gasteiger partial charge in [0.1, 0.15) is 4.88 Å². The molecule has 0 aliphatic carbocycles. The van der Waals surface area contributed by atoms with Gasteiger partial charge in [-0.3, -0.25) is 9.69 Å². The summed E-state index contributed by atoms with van der Waals surface area (Å²) in [7, 11) is 3.15. The number of amides is 3. The molecular weight excluding hydrogens is 440 g/mol. The second-order valence-corrected chi connectivity index (χ2v) is 8.67. The smallest absolute Gasteiger partial charge is 0.326 e. The van der Waals surface area contributed by atoms with E-state index in [1.807, 2.05) is 43.3 Å². The Bertz CT molecular complexity index is 1160. The molecule has 2 heterocycles. The number of urea groups is 1. The van der Waals surface area contributed by atoms with Gasteiger partial charge in [-0.05, 0) is 35.7 Å². The maximum absolute atomic E-state index is 12.9. The van der Waals surface area contributed by atoms with Gasteiger partial charge in [-0.2, -0.15) is 0 Å². The van der Waals surface area contributed by atoms with Crippen LogP contribution in [0.2, 0.25) is 0 Å². The first-order chi connectivity index (χ1) is 16.0. The van der Waals surface area contributed by atoms with E-state index in [4.69, 9.17) is 9.47 Å². The molecule has 3 amide bonds. The molecule has 1 fully saturated rings. The standard InChI is InChI=1S/C24H26N4O4S/c1-16-6-4-5-7-18(16)15-27-10-11-28(24(27)30)23-26-14-21(33-23)22(29)25-13-17-8-9-19(31-2)20(12-17)32-3/h4-9,12,14H,10-11,13,15H2,1-3H3,(H,25,29). The zero-order valence-electron chi connectivity index (χ0n) is 18.8. The van der Waals surface area contributed by atoms with Crippen molar-refractivity contribution in [2.45, 2.75) is 20.0 Å². The van der Waals surface area contributed by atoms with Crippen LogP contribution in [0.25, 0.3) is 0 Å². The summed E-state index contributed by atoms with van der Waals surface area (Å²) in [6, 6.07) is 13.4. The van der Waals surface area contributed by atoms with Gasteiger partial charge < -0.3 is 19.7 Å². The van der Waals surface area contributed by atoms with E-state index < -0.39 is 0 Å². The van der Waals surface area contributed by atoms with Crippen LogP contribution < -0.4 is 19.7 Å². The van der Waals surface area contributed by atoms with Gasteiger partial charge in [0.15, 0.2) is 16.6 Å². The van der Waals surface area contributed by atoms with Crippen molar-refractivity contribution in [1.29, 1.82) is 0 Å². The lowest BCUT2D eigenvalue weighted by Gasteiger charge is -2.18. The van der Waals surface area contributed by atoms with Crippen LogP contribution in [0, 0.1) is 6.92 Å². The number of aryl methyl sites for hydroxylation is 1. The Labute approximate surface area is 196 Å². The van der Waals surface area contributed by atoms with Crippen LogP contribution >= 0.6 is 11.3 Å². The Morgan fingerprint density at radius 3 is 2.67 bits per heavy atom. The molecule has 1 saturated heterocycles. The average molecular weight is 467 g/mol. The van der Waals surface area contributed by atoms with Crippen molar-refractivity contribution in [2.75, 3.05) is 32.2 Å². The predicted molar refractivity (Wildman–Crippen MR) is 127 cm³/mol. The van der Waals surface area contributed by atoms with Crippen molar-refractivity contribution in [2.24, 2.45) is 0 Å². The summed E-state index contributed by atoms with van der Waals surface area (Å²) >= 11 is 1.21. The summed E-state index contributed by atoms with van der Waals surface area (Å²) in [4.78, 5) is 33.8. The highest BCUT2D eigenvalue weighted by Crippen LogP contribution is 2.29. The monoisotopic (exact) mass is 466 g/mol. The maximum Gasteiger partial charge on any atom is 0.326 e. The summed E-state index contributed by atoms with van der Waals surface area (Å²) in [6.45, 7) is 4.10. The molecular formula is C24H26N4O4S. The van der Waals surface area contributed by atoms with E-state index in [1.165, 1.54) is 17.5 Å². The molecule has 8 nitrogen and oxygen atoms in total. The topological polar surface area (TPSA) is 84.0 Å². The van der Waals surface area contributed by atoms with E-state index in [-0.39, 0.29) is 11.9 Å². The molecule has 0 spiro atoms. The Hall–Kier alpha value is -3.59. The zero-order valence-corrected chi connectivity index (χ0v) is 19.6. The van der Waals surface area contributed by atoms with Gasteiger partial charge in [0, 0.05) is 26.2 Å². The van der Waals surface area contributed by atoms with Crippen LogP contribution in [-0.4, -0.2) is 49.1 Å². The largest absolute Gasteiger partial charge is 0.493 e. The van der Waals surface area contributed by atoms with E-state index in [2.05, 4.69) is 10.3 Å². The number of anilines is 1. The van der Waals surface area contributed by atoms with Crippen LogP contribution in [0.3, 0.4) is 0 Å². The van der Waals surface area contributed by atoms with Crippen molar-refractivity contribution in [3.05, 3.63) is 70.2 Å². The molecule has 3 aromatic rings. The van der Waals surface area contributed by atoms with Crippen LogP contribution in [0.4, 0.5) is 9.93 Å². The Morgan fingerprint density at radius 1 is 1.12 bits per heavy atom. The Kier molecular flexibility index (Phi) is 6.79. The van der Waals surface area contributed by atoms with Gasteiger partial charge >= 0.3 is 6.03 Å². The molecule has 1 aliphatic heterocycles. The predicted octanol–water partition coefficient (Wildman–Crippen LogP) is 3.84. The fourth-order valence-electron chi connectivity index (χ4n) is 3.65. The number of hydrogen-bond donors (Lipinski definition) is 1. The first-order valence-electron chi connectivity index (χ1n) is 10.6. The number of benzene rings is 2. The minimum atomic E-state index is -0.239. The number of carbonyl (C=O) groups is 2. The number of ether oxygens (including phenoxy) is 2. The summed E-state index contributed by atoms with van der Waals surface area (Å²) in [5.74, 6) is 0.996. The number of nitrogens with zero attached hydrogens (tertiary/aromatic N) is 3. The van der Waals surface area contributed by atoms with Crippen molar-refractivity contribution < 1.29 is 19.1 Å². The van der Waals surface area contributed by atoms with E-state index in [9.17, 15) is 9.59 Å². The minimum absolute atomic E-state index is 0.0927. The second kappa shape index (κ2) is 9.91. The number of methoxy groups -OCH3 is 2. The molecule has 0 atom stereocenters. The van der Waals surface area contributed by atoms with E-state index >= 15 is 0 Å². The lowest BCUT2D eigenvalue weighted by molar-refractivity contribution is 0.0954. The SMILES string of the molecule is COc1ccc(CNC(=O)c2cnc(N3CCN(Cc4ccccc4C)C3=O)s2)cc1OC. The molecule has 0 unspecified atom stereocenters. The minimum Gasteiger partial charge on any atom is -0.493 e. The van der Waals surface area contributed by atoms with Gasteiger partial charge in [0.2, 0.25) is 0 Å². The molecule has 1 N–H and O–H groups in total. The van der Waals surface area contributed by atoms with Crippen molar-refractivity contribution in [1.82, 2.24) is 15.2 Å². The van der Waals surface area contributed by atoms with E-state index in [1.54, 1.807) is 30.1 Å². The third-order valence-electron chi connectivity index (χ3n) is 5.57. The molecule has 2 aromatic carbocycles. The van der Waals surface area contributed by atoms with Gasteiger partial charge in [-0.15, -0.1) is 0 Å². The molecule has 172 valence electrons. The summed E-state index contributed by atoms with van der Waals surface area (Å²) < 4.78 is 10.5. The van der Waals surface area contributed by atoms with Gasteiger partial charge in [-0.1, -0.05) is 41.7 Å². The Balaban J connectivity index is 1.37. The highest BCUT2D eigenvalue weighted by Gasteiger charge is 2.32. The average Bonchev–Trinajstić information content (AvgIpc) is 3.46. The third kappa shape index (κ3) is 4.93. The Morgan fingerprint density at radius 2 is 1.91 bits per heavy atom. The van der Waals surface area contributed by atoms with E-state index in [0.717, 1.165) is 16.7 Å². The van der Waals surface area contributed by atoms with Gasteiger partial charge in [0.05, 0.1) is 20.4 Å². The highest BCUT2D eigenvalue weighted by molar-refractivity contribution is 7.17. The first kappa shape index (κ1) is 22.6. The number of hydrogen-bond acceptors (Lipinski definition) is 6. The summed E-state index contributed by atoms with van der Waals surface area (Å²) in [5.41, 5.74) is 3.17. The highest BCUT2D eigenvalue weighted by atomic mass is 32.1. The number of rotatable bonds is 8. The molecule has 0 radical (unpaired) electrons. The van der Waals surface area contributed by atoms with Crippen LogP contribution in [0.1, 0.15) is 26.4 Å². The van der Waals surface area contributed by atoms with Crippen molar-refractivity contribution in [3.8, 4) is 11.5 Å². The third-order valence-corrected chi connectivity index (χ3v) is 6.59. The maximum atomic E-state index is 12.9.